The van der Waals surface area contributed by atoms with Crippen molar-refractivity contribution in [1.82, 2.24) is 14.9 Å². The van der Waals surface area contributed by atoms with Crippen LogP contribution in [0.2, 0.25) is 0 Å². The fraction of sp³-hybridized carbons (Fsp3) is 0.241. The van der Waals surface area contributed by atoms with Crippen LogP contribution in [0, 0.1) is 13.8 Å². The Labute approximate surface area is 217 Å². The summed E-state index contributed by atoms with van der Waals surface area (Å²) in [6, 6.07) is 24.3. The van der Waals surface area contributed by atoms with E-state index in [1.54, 1.807) is 7.11 Å². The summed E-state index contributed by atoms with van der Waals surface area (Å²) in [7, 11) is 1.68. The number of pyridine rings is 1. The lowest BCUT2D eigenvalue weighted by Crippen LogP contribution is -2.29. The second-order valence-electron chi connectivity index (χ2n) is 8.78. The molecule has 7 heteroatoms. The SMILES string of the molecule is CCOc1ccc(N2C(=S)N[C@H](c3ccccn3)[C@H]2c2cc(C)n(-c3ccc(OC)cc3)c2C)cc1. The number of anilines is 1. The van der Waals surface area contributed by atoms with E-state index >= 15 is 0 Å². The van der Waals surface area contributed by atoms with Crippen LogP contribution in [0.3, 0.4) is 0 Å². The van der Waals surface area contributed by atoms with Crippen molar-refractivity contribution in [2.45, 2.75) is 32.9 Å². The number of aryl methyl sites for hydroxylation is 1. The van der Waals surface area contributed by atoms with Gasteiger partial charge in [0.05, 0.1) is 31.5 Å². The monoisotopic (exact) mass is 498 g/mol. The average molecular weight is 499 g/mol. The second-order valence-corrected chi connectivity index (χ2v) is 9.17. The molecule has 5 rings (SSSR count). The van der Waals surface area contributed by atoms with Crippen molar-refractivity contribution in [2.24, 2.45) is 0 Å². The molecule has 2 aromatic carbocycles. The van der Waals surface area contributed by atoms with E-state index in [-0.39, 0.29) is 12.1 Å². The fourth-order valence-corrected chi connectivity index (χ4v) is 5.38. The summed E-state index contributed by atoms with van der Waals surface area (Å²) >= 11 is 5.90. The molecule has 1 saturated heterocycles. The van der Waals surface area contributed by atoms with Gasteiger partial charge in [0.15, 0.2) is 5.11 Å². The molecule has 1 N–H and O–H groups in total. The molecule has 4 aromatic rings. The number of rotatable bonds is 7. The van der Waals surface area contributed by atoms with Crippen molar-refractivity contribution in [3.8, 4) is 17.2 Å². The fourth-order valence-electron chi connectivity index (χ4n) is 5.03. The predicted octanol–water partition coefficient (Wildman–Crippen LogP) is 6.07. The van der Waals surface area contributed by atoms with E-state index < -0.39 is 0 Å². The Morgan fingerprint density at radius 3 is 2.28 bits per heavy atom. The number of hydrogen-bond donors (Lipinski definition) is 1. The molecule has 3 heterocycles. The quantitative estimate of drug-likeness (QED) is 0.312. The number of ether oxygens (including phenoxy) is 2. The molecule has 2 atom stereocenters. The maximum absolute atomic E-state index is 5.90. The van der Waals surface area contributed by atoms with Crippen LogP contribution in [0.5, 0.6) is 11.5 Å². The molecule has 0 radical (unpaired) electrons. The van der Waals surface area contributed by atoms with E-state index in [2.05, 4.69) is 70.0 Å². The number of nitrogens with one attached hydrogen (secondary N) is 1. The maximum Gasteiger partial charge on any atom is 0.174 e. The van der Waals surface area contributed by atoms with Gasteiger partial charge >= 0.3 is 0 Å². The average Bonchev–Trinajstić information content (AvgIpc) is 3.40. The van der Waals surface area contributed by atoms with E-state index in [4.69, 9.17) is 21.7 Å². The molecular weight excluding hydrogens is 468 g/mol. The Bertz CT molecular complexity index is 1350. The van der Waals surface area contributed by atoms with Gasteiger partial charge < -0.3 is 24.3 Å². The van der Waals surface area contributed by atoms with Gasteiger partial charge in [0, 0.05) is 29.0 Å². The summed E-state index contributed by atoms with van der Waals surface area (Å²) in [5.41, 5.74) is 6.55. The van der Waals surface area contributed by atoms with Crippen LogP contribution in [0.25, 0.3) is 5.69 Å². The van der Waals surface area contributed by atoms with Gasteiger partial charge in [-0.25, -0.2) is 0 Å². The number of aromatic nitrogens is 2. The zero-order chi connectivity index (χ0) is 25.2. The predicted molar refractivity (Wildman–Crippen MR) is 147 cm³/mol. The van der Waals surface area contributed by atoms with Crippen LogP contribution in [0.4, 0.5) is 5.69 Å². The van der Waals surface area contributed by atoms with E-state index in [0.717, 1.165) is 40.0 Å². The van der Waals surface area contributed by atoms with Gasteiger partial charge in [-0.15, -0.1) is 0 Å². The van der Waals surface area contributed by atoms with Gasteiger partial charge in [-0.05, 0) is 105 Å². The summed E-state index contributed by atoms with van der Waals surface area (Å²) in [5.74, 6) is 1.68. The topological polar surface area (TPSA) is 51.5 Å². The van der Waals surface area contributed by atoms with Gasteiger partial charge in [0.2, 0.25) is 0 Å². The third-order valence-corrected chi connectivity index (χ3v) is 6.96. The van der Waals surface area contributed by atoms with E-state index in [1.165, 1.54) is 5.56 Å². The first-order valence-corrected chi connectivity index (χ1v) is 12.5. The summed E-state index contributed by atoms with van der Waals surface area (Å²) in [6.45, 7) is 6.92. The normalized spacial score (nSPS) is 17.2. The standard InChI is InChI=1S/C29H30N4O2S/c1-5-35-24-15-11-22(12-16-24)33-28(27(31-29(33)36)26-8-6-7-17-30-26)25-18-19(2)32(20(25)3)21-9-13-23(34-4)14-10-21/h6-18,27-28H,5H2,1-4H3,(H,31,36)/t27-,28-/m1/s1. The van der Waals surface area contributed by atoms with Crippen molar-refractivity contribution >= 4 is 23.0 Å². The van der Waals surface area contributed by atoms with Gasteiger partial charge in [-0.3, -0.25) is 4.98 Å². The first-order valence-electron chi connectivity index (χ1n) is 12.1. The Morgan fingerprint density at radius 2 is 1.64 bits per heavy atom. The molecule has 0 spiro atoms. The Morgan fingerprint density at radius 1 is 0.944 bits per heavy atom. The zero-order valence-corrected chi connectivity index (χ0v) is 21.8. The van der Waals surface area contributed by atoms with Crippen LogP contribution in [0.1, 0.15) is 41.7 Å². The lowest BCUT2D eigenvalue weighted by molar-refractivity contribution is 0.340. The molecule has 1 aliphatic rings. The molecule has 36 heavy (non-hydrogen) atoms. The van der Waals surface area contributed by atoms with Crippen molar-refractivity contribution in [2.75, 3.05) is 18.6 Å². The smallest absolute Gasteiger partial charge is 0.174 e. The highest BCUT2D eigenvalue weighted by Crippen LogP contribution is 2.44. The summed E-state index contributed by atoms with van der Waals surface area (Å²) < 4.78 is 13.3. The molecule has 1 fully saturated rings. The molecule has 6 nitrogen and oxygen atoms in total. The molecule has 184 valence electrons. The van der Waals surface area contributed by atoms with Gasteiger partial charge in [0.1, 0.15) is 11.5 Å². The van der Waals surface area contributed by atoms with Crippen LogP contribution in [0.15, 0.2) is 79.0 Å². The first kappa shape index (κ1) is 23.9. The molecule has 0 unspecified atom stereocenters. The highest BCUT2D eigenvalue weighted by molar-refractivity contribution is 7.80. The Balaban J connectivity index is 1.62. The Kier molecular flexibility index (Phi) is 6.65. The number of hydrogen-bond acceptors (Lipinski definition) is 4. The van der Waals surface area contributed by atoms with Crippen molar-refractivity contribution in [3.05, 3.63) is 102 Å². The lowest BCUT2D eigenvalue weighted by Gasteiger charge is -2.28. The van der Waals surface area contributed by atoms with E-state index in [1.807, 2.05) is 49.5 Å². The molecule has 1 aliphatic heterocycles. The largest absolute Gasteiger partial charge is 0.497 e. The number of nitrogens with zero attached hydrogens (tertiary/aromatic N) is 3. The second kappa shape index (κ2) is 10.0. The molecule has 0 amide bonds. The molecule has 0 aliphatic carbocycles. The minimum atomic E-state index is -0.102. The van der Waals surface area contributed by atoms with Crippen molar-refractivity contribution < 1.29 is 9.47 Å². The van der Waals surface area contributed by atoms with Crippen molar-refractivity contribution in [1.29, 1.82) is 0 Å². The number of thiocarbonyl (C=S) groups is 1. The lowest BCUT2D eigenvalue weighted by atomic mass is 9.96. The van der Waals surface area contributed by atoms with Gasteiger partial charge in [-0.1, -0.05) is 6.07 Å². The summed E-state index contributed by atoms with van der Waals surface area (Å²) in [4.78, 5) is 6.88. The van der Waals surface area contributed by atoms with Crippen LogP contribution in [-0.4, -0.2) is 28.4 Å². The zero-order valence-electron chi connectivity index (χ0n) is 20.9. The Hall–Kier alpha value is -3.84. The van der Waals surface area contributed by atoms with Crippen molar-refractivity contribution in [3.63, 3.8) is 0 Å². The molecular formula is C29H30N4O2S. The van der Waals surface area contributed by atoms with Gasteiger partial charge in [-0.2, -0.15) is 0 Å². The summed E-state index contributed by atoms with van der Waals surface area (Å²) in [5, 5.41) is 4.23. The number of benzene rings is 2. The number of methoxy groups -OCH3 is 1. The van der Waals surface area contributed by atoms with E-state index in [9.17, 15) is 0 Å². The third-order valence-electron chi connectivity index (χ3n) is 6.64. The van der Waals surface area contributed by atoms with Crippen LogP contribution >= 0.6 is 12.2 Å². The first-order chi connectivity index (χ1) is 17.5. The maximum atomic E-state index is 5.90. The minimum Gasteiger partial charge on any atom is -0.497 e. The highest BCUT2D eigenvalue weighted by atomic mass is 32.1. The van der Waals surface area contributed by atoms with Gasteiger partial charge in [0.25, 0.3) is 0 Å². The van der Waals surface area contributed by atoms with Crippen LogP contribution < -0.4 is 19.7 Å². The minimum absolute atomic E-state index is 0.0801. The molecule has 2 aromatic heterocycles. The highest BCUT2D eigenvalue weighted by Gasteiger charge is 2.42. The van der Waals surface area contributed by atoms with E-state index in [0.29, 0.717) is 11.7 Å². The molecule has 0 saturated carbocycles. The molecule has 0 bridgehead atoms. The van der Waals surface area contributed by atoms with Crippen LogP contribution in [-0.2, 0) is 0 Å². The summed E-state index contributed by atoms with van der Waals surface area (Å²) in [6.07, 6.45) is 1.83. The third kappa shape index (κ3) is 4.31.